The summed E-state index contributed by atoms with van der Waals surface area (Å²) < 4.78 is 0. The van der Waals surface area contributed by atoms with Crippen LogP contribution in [0.25, 0.3) is 0 Å². The van der Waals surface area contributed by atoms with Crippen LogP contribution < -0.4 is 0 Å². The third kappa shape index (κ3) is 5.74. The van der Waals surface area contributed by atoms with Crippen LogP contribution in [-0.4, -0.2) is 54.1 Å². The van der Waals surface area contributed by atoms with Crippen LogP contribution in [0.5, 0.6) is 0 Å². The molecule has 0 aromatic heterocycles. The molecule has 19 heavy (non-hydrogen) atoms. The quantitative estimate of drug-likeness (QED) is 0.650. The number of aliphatic hydroxyl groups excluding tert-OH is 1. The maximum absolute atomic E-state index is 12.3. The van der Waals surface area contributed by atoms with Gasteiger partial charge in [-0.15, -0.1) is 0 Å². The zero-order valence-corrected chi connectivity index (χ0v) is 12.4. The number of hydrogen-bond donors (Lipinski definition) is 1. The average Bonchev–Trinajstić information content (AvgIpc) is 2.89. The molecule has 0 radical (unpaired) electrons. The lowest BCUT2D eigenvalue weighted by molar-refractivity contribution is -0.130. The van der Waals surface area contributed by atoms with Crippen LogP contribution in [0.4, 0.5) is 0 Å². The van der Waals surface area contributed by atoms with E-state index in [0.717, 1.165) is 45.2 Å². The summed E-state index contributed by atoms with van der Waals surface area (Å²) in [4.78, 5) is 16.3. The molecule has 4 nitrogen and oxygen atoms in total. The Labute approximate surface area is 117 Å². The number of carbonyl (C=O) groups is 1. The first-order valence-corrected chi connectivity index (χ1v) is 7.47. The van der Waals surface area contributed by atoms with Crippen LogP contribution in [0, 0.1) is 0 Å². The van der Waals surface area contributed by atoms with Crippen molar-refractivity contribution in [2.75, 3.05) is 33.3 Å². The molecule has 0 spiro atoms. The highest BCUT2D eigenvalue weighted by atomic mass is 16.2. The lowest BCUT2D eigenvalue weighted by Gasteiger charge is -2.25. The molecule has 1 aliphatic carbocycles. The van der Waals surface area contributed by atoms with Crippen molar-refractivity contribution in [3.8, 4) is 0 Å². The monoisotopic (exact) mass is 268 g/mol. The van der Waals surface area contributed by atoms with Crippen molar-refractivity contribution in [1.29, 1.82) is 0 Å². The van der Waals surface area contributed by atoms with E-state index in [-0.39, 0.29) is 12.5 Å². The fourth-order valence-electron chi connectivity index (χ4n) is 2.50. The fraction of sp³-hybridized carbons (Fsp3) is 0.800. The number of rotatable bonds is 9. The average molecular weight is 268 g/mol. The standard InChI is InChI=1S/C15H28N2O2/c1-3-17(14-9-5-6-10-14)15(19)13-16(2)11-7-4-8-12-18/h9,18H,3-8,10-13H2,1-2H3. The van der Waals surface area contributed by atoms with Crippen LogP contribution >= 0.6 is 0 Å². The second-order valence-corrected chi connectivity index (χ2v) is 5.25. The topological polar surface area (TPSA) is 43.8 Å². The Balaban J connectivity index is 2.31. The first kappa shape index (κ1) is 16.2. The van der Waals surface area contributed by atoms with Gasteiger partial charge in [0, 0.05) is 18.8 Å². The van der Waals surface area contributed by atoms with Gasteiger partial charge >= 0.3 is 0 Å². The van der Waals surface area contributed by atoms with E-state index in [9.17, 15) is 4.79 Å². The number of aliphatic hydroxyl groups is 1. The number of unbranched alkanes of at least 4 members (excludes halogenated alkanes) is 2. The molecule has 0 saturated heterocycles. The summed E-state index contributed by atoms with van der Waals surface area (Å²) in [6, 6.07) is 0. The number of hydrogen-bond acceptors (Lipinski definition) is 3. The number of nitrogens with zero attached hydrogens (tertiary/aromatic N) is 2. The highest BCUT2D eigenvalue weighted by molar-refractivity contribution is 5.80. The highest BCUT2D eigenvalue weighted by Gasteiger charge is 2.19. The second-order valence-electron chi connectivity index (χ2n) is 5.25. The van der Waals surface area contributed by atoms with E-state index in [0.29, 0.717) is 6.54 Å². The summed E-state index contributed by atoms with van der Waals surface area (Å²) >= 11 is 0. The van der Waals surface area contributed by atoms with Crippen molar-refractivity contribution in [2.45, 2.75) is 45.4 Å². The Morgan fingerprint density at radius 3 is 2.74 bits per heavy atom. The molecule has 0 unspecified atom stereocenters. The maximum atomic E-state index is 12.3. The van der Waals surface area contributed by atoms with Gasteiger partial charge in [0.15, 0.2) is 0 Å². The molecule has 0 aromatic carbocycles. The van der Waals surface area contributed by atoms with E-state index < -0.39 is 0 Å². The molecule has 0 fully saturated rings. The minimum atomic E-state index is 0.209. The summed E-state index contributed by atoms with van der Waals surface area (Å²) in [6.07, 6.45) is 8.45. The van der Waals surface area contributed by atoms with Gasteiger partial charge in [-0.05, 0) is 59.0 Å². The Morgan fingerprint density at radius 2 is 2.16 bits per heavy atom. The minimum absolute atomic E-state index is 0.209. The van der Waals surface area contributed by atoms with E-state index >= 15 is 0 Å². The molecule has 0 heterocycles. The molecule has 1 amide bonds. The molecule has 110 valence electrons. The van der Waals surface area contributed by atoms with Crippen molar-refractivity contribution >= 4 is 5.91 Å². The molecule has 1 aliphatic rings. The normalized spacial score (nSPS) is 14.8. The number of carbonyl (C=O) groups excluding carboxylic acids is 1. The molecule has 0 saturated carbocycles. The third-order valence-electron chi connectivity index (χ3n) is 3.58. The summed E-state index contributed by atoms with van der Waals surface area (Å²) in [7, 11) is 1.99. The molecule has 1 N–H and O–H groups in total. The molecule has 1 rings (SSSR count). The van der Waals surface area contributed by atoms with Gasteiger partial charge < -0.3 is 10.0 Å². The predicted molar refractivity (Wildman–Crippen MR) is 77.8 cm³/mol. The van der Waals surface area contributed by atoms with Gasteiger partial charge in [-0.25, -0.2) is 0 Å². The fourth-order valence-corrected chi connectivity index (χ4v) is 2.50. The Kier molecular flexibility index (Phi) is 7.75. The van der Waals surface area contributed by atoms with E-state index in [1.165, 1.54) is 12.1 Å². The van der Waals surface area contributed by atoms with Gasteiger partial charge in [0.2, 0.25) is 5.91 Å². The van der Waals surface area contributed by atoms with Gasteiger partial charge in [-0.2, -0.15) is 0 Å². The number of amides is 1. The predicted octanol–water partition coefficient (Wildman–Crippen LogP) is 2.00. The molecule has 4 heteroatoms. The summed E-state index contributed by atoms with van der Waals surface area (Å²) in [5.74, 6) is 0.209. The van der Waals surface area contributed by atoms with Crippen LogP contribution in [0.1, 0.15) is 45.4 Å². The molecule has 0 aliphatic heterocycles. The molecule has 0 bridgehead atoms. The lowest BCUT2D eigenvalue weighted by atomic mass is 10.2. The smallest absolute Gasteiger partial charge is 0.240 e. The van der Waals surface area contributed by atoms with Crippen molar-refractivity contribution in [2.24, 2.45) is 0 Å². The number of allylic oxidation sites excluding steroid dienone is 2. The molecule has 0 atom stereocenters. The number of likely N-dealkylation sites (N-methyl/N-ethyl adjacent to an activating group) is 2. The third-order valence-corrected chi connectivity index (χ3v) is 3.58. The zero-order valence-electron chi connectivity index (χ0n) is 12.4. The van der Waals surface area contributed by atoms with Crippen molar-refractivity contribution in [3.63, 3.8) is 0 Å². The van der Waals surface area contributed by atoms with Gasteiger partial charge in [0.1, 0.15) is 0 Å². The van der Waals surface area contributed by atoms with Gasteiger partial charge in [-0.3, -0.25) is 9.69 Å². The first-order chi connectivity index (χ1) is 9.19. The summed E-state index contributed by atoms with van der Waals surface area (Å²) in [6.45, 7) is 4.48. The second kappa shape index (κ2) is 9.10. The van der Waals surface area contributed by atoms with E-state index in [1.54, 1.807) is 0 Å². The van der Waals surface area contributed by atoms with Gasteiger partial charge in [0.25, 0.3) is 0 Å². The molecular formula is C15H28N2O2. The zero-order chi connectivity index (χ0) is 14.1. The van der Waals surface area contributed by atoms with Crippen LogP contribution in [0.2, 0.25) is 0 Å². The summed E-state index contributed by atoms with van der Waals surface area (Å²) in [5, 5.41) is 8.72. The molecular weight excluding hydrogens is 240 g/mol. The van der Waals surface area contributed by atoms with E-state index in [1.807, 2.05) is 18.9 Å². The molecule has 0 aromatic rings. The lowest BCUT2D eigenvalue weighted by Crippen LogP contribution is -2.38. The van der Waals surface area contributed by atoms with Crippen molar-refractivity contribution in [1.82, 2.24) is 9.80 Å². The van der Waals surface area contributed by atoms with Gasteiger partial charge in [-0.1, -0.05) is 6.08 Å². The van der Waals surface area contributed by atoms with Crippen LogP contribution in [-0.2, 0) is 4.79 Å². The van der Waals surface area contributed by atoms with Crippen LogP contribution in [0.15, 0.2) is 11.8 Å². The van der Waals surface area contributed by atoms with Crippen molar-refractivity contribution < 1.29 is 9.90 Å². The highest BCUT2D eigenvalue weighted by Crippen LogP contribution is 2.21. The van der Waals surface area contributed by atoms with Crippen LogP contribution in [0.3, 0.4) is 0 Å². The summed E-state index contributed by atoms with van der Waals surface area (Å²) in [5.41, 5.74) is 1.21. The SMILES string of the molecule is CCN(C(=O)CN(C)CCCCCO)C1=CCCC1. The Morgan fingerprint density at radius 1 is 1.37 bits per heavy atom. The van der Waals surface area contributed by atoms with Gasteiger partial charge in [0.05, 0.1) is 6.54 Å². The maximum Gasteiger partial charge on any atom is 0.240 e. The van der Waals surface area contributed by atoms with E-state index in [2.05, 4.69) is 11.0 Å². The minimum Gasteiger partial charge on any atom is -0.396 e. The largest absolute Gasteiger partial charge is 0.396 e. The van der Waals surface area contributed by atoms with E-state index in [4.69, 9.17) is 5.11 Å². The Bertz CT molecular complexity index is 303. The Hall–Kier alpha value is -0.870. The van der Waals surface area contributed by atoms with Crippen molar-refractivity contribution in [3.05, 3.63) is 11.8 Å². The first-order valence-electron chi connectivity index (χ1n) is 7.47.